The third-order valence-corrected chi connectivity index (χ3v) is 7.99. The monoisotopic (exact) mass is 581 g/mol. The zero-order chi connectivity index (χ0) is 29.5. The first-order valence-corrected chi connectivity index (χ1v) is 13.4. The van der Waals surface area contributed by atoms with Crippen LogP contribution in [0.4, 0.5) is 17.6 Å². The Bertz CT molecular complexity index is 1950. The summed E-state index contributed by atoms with van der Waals surface area (Å²) in [5.74, 6) is 0.307. The average molecular weight is 582 g/mol. The fraction of sp³-hybridized carbons (Fsp3) is 0.143. The molecule has 0 spiro atoms. The van der Waals surface area contributed by atoms with Crippen molar-refractivity contribution in [2.45, 2.75) is 24.5 Å². The van der Waals surface area contributed by atoms with E-state index >= 15 is 0 Å². The number of rotatable bonds is 6. The van der Waals surface area contributed by atoms with Gasteiger partial charge in [0.1, 0.15) is 11.3 Å². The van der Waals surface area contributed by atoms with E-state index in [9.17, 15) is 30.8 Å². The van der Waals surface area contributed by atoms with E-state index in [0.717, 1.165) is 38.7 Å². The lowest BCUT2D eigenvalue weighted by Gasteiger charge is -2.19. The van der Waals surface area contributed by atoms with Crippen molar-refractivity contribution >= 4 is 38.0 Å². The van der Waals surface area contributed by atoms with Gasteiger partial charge in [0, 0.05) is 11.9 Å². The summed E-state index contributed by atoms with van der Waals surface area (Å²) < 4.78 is 81.4. The van der Waals surface area contributed by atoms with Crippen molar-refractivity contribution in [2.75, 3.05) is 6.54 Å². The fourth-order valence-corrected chi connectivity index (χ4v) is 5.71. The zero-order valence-electron chi connectivity index (χ0n) is 21.2. The molecule has 2 heterocycles. The largest absolute Gasteiger partial charge is 0.416 e. The fourth-order valence-electron chi connectivity index (χ4n) is 4.24. The number of halogens is 4. The number of aromatic nitrogens is 4. The molecule has 0 unspecified atom stereocenters. The second kappa shape index (κ2) is 10.3. The van der Waals surface area contributed by atoms with Crippen molar-refractivity contribution in [1.82, 2.24) is 24.1 Å². The van der Waals surface area contributed by atoms with Gasteiger partial charge in [-0.1, -0.05) is 35.7 Å². The predicted molar refractivity (Wildman–Crippen MR) is 142 cm³/mol. The Balaban J connectivity index is 1.61. The molecule has 3 aromatic carbocycles. The average Bonchev–Trinajstić information content (AvgIpc) is 3.26. The van der Waals surface area contributed by atoms with Crippen LogP contribution < -0.4 is 0 Å². The van der Waals surface area contributed by atoms with Gasteiger partial charge in [-0.2, -0.15) is 13.2 Å². The van der Waals surface area contributed by atoms with E-state index < -0.39 is 39.3 Å². The summed E-state index contributed by atoms with van der Waals surface area (Å²) in [6.45, 7) is 1.36. The minimum absolute atomic E-state index is 0.0574. The highest BCUT2D eigenvalue weighted by atomic mass is 32.2. The van der Waals surface area contributed by atoms with Crippen LogP contribution in [0.25, 0.3) is 22.1 Å². The van der Waals surface area contributed by atoms with Crippen LogP contribution in [0.2, 0.25) is 0 Å². The highest BCUT2D eigenvalue weighted by Crippen LogP contribution is 2.31. The Morgan fingerprint density at radius 3 is 2.34 bits per heavy atom. The first kappa shape index (κ1) is 27.7. The summed E-state index contributed by atoms with van der Waals surface area (Å²) in [5.41, 5.74) is 0.0679. The van der Waals surface area contributed by atoms with Crippen molar-refractivity contribution in [3.05, 3.63) is 95.1 Å². The number of fused-ring (bicyclic) bond motifs is 3. The van der Waals surface area contributed by atoms with Gasteiger partial charge >= 0.3 is 6.18 Å². The van der Waals surface area contributed by atoms with E-state index in [1.165, 1.54) is 30.3 Å². The van der Waals surface area contributed by atoms with Crippen molar-refractivity contribution < 1.29 is 30.8 Å². The maximum Gasteiger partial charge on any atom is 0.416 e. The van der Waals surface area contributed by atoms with E-state index in [1.54, 1.807) is 19.1 Å². The topological polar surface area (TPSA) is 98.0 Å². The number of aryl methyl sites for hydroxylation is 1. The molecule has 2 aromatic heterocycles. The molecular formula is C28H19F4N5O3S. The smallest absolute Gasteiger partial charge is 0.320 e. The van der Waals surface area contributed by atoms with E-state index in [-0.39, 0.29) is 40.1 Å². The number of benzene rings is 3. The molecule has 1 amide bonds. The predicted octanol–water partition coefficient (Wildman–Crippen LogP) is 4.96. The Hall–Kier alpha value is -4.83. The Kier molecular flexibility index (Phi) is 6.96. The summed E-state index contributed by atoms with van der Waals surface area (Å²) in [7, 11) is -4.30. The molecule has 5 rings (SSSR count). The third-order valence-electron chi connectivity index (χ3n) is 6.27. The van der Waals surface area contributed by atoms with Gasteiger partial charge in [-0.3, -0.25) is 4.79 Å². The van der Waals surface area contributed by atoms with E-state index in [4.69, 9.17) is 6.42 Å². The van der Waals surface area contributed by atoms with Crippen LogP contribution in [-0.4, -0.2) is 44.9 Å². The zero-order valence-corrected chi connectivity index (χ0v) is 22.0. The number of alkyl halides is 3. The molecule has 8 nitrogen and oxygen atoms in total. The second-order valence-electron chi connectivity index (χ2n) is 9.11. The maximum absolute atomic E-state index is 14.2. The number of nitrogens with zero attached hydrogens (tertiary/aromatic N) is 5. The number of hydrogen-bond donors (Lipinski definition) is 0. The van der Waals surface area contributed by atoms with Gasteiger partial charge in [-0.25, -0.2) is 21.8 Å². The molecule has 0 N–H and O–H groups in total. The molecule has 5 aromatic rings. The highest BCUT2D eigenvalue weighted by Gasteiger charge is 2.31. The summed E-state index contributed by atoms with van der Waals surface area (Å²) >= 11 is 0. The molecular weight excluding hydrogens is 562 g/mol. The van der Waals surface area contributed by atoms with Crippen LogP contribution in [-0.2, 0) is 22.7 Å². The van der Waals surface area contributed by atoms with Gasteiger partial charge in [0.2, 0.25) is 5.82 Å². The normalized spacial score (nSPS) is 12.0. The van der Waals surface area contributed by atoms with Crippen LogP contribution in [0.5, 0.6) is 0 Å². The van der Waals surface area contributed by atoms with Crippen LogP contribution >= 0.6 is 0 Å². The quantitative estimate of drug-likeness (QED) is 0.208. The molecule has 208 valence electrons. The van der Waals surface area contributed by atoms with Gasteiger partial charge < -0.3 is 4.90 Å². The standard InChI is InChI=1S/C28H19F4N5O3S/c1-3-14-36(16-18-6-8-19(9-7-18)28(30,31)32)27(38)25-33-26-24(34-35-25)22-15-20(29)10-13-23(22)37(26)41(39,40)21-11-4-17(2)5-12-21/h1,4-13,15H,14,16H2,2H3. The minimum Gasteiger partial charge on any atom is -0.320 e. The molecule has 0 aliphatic carbocycles. The number of carbonyl (C=O) groups is 1. The molecule has 13 heteroatoms. The summed E-state index contributed by atoms with van der Waals surface area (Å²) in [6.07, 6.45) is 0.898. The van der Waals surface area contributed by atoms with E-state index in [2.05, 4.69) is 21.1 Å². The molecule has 0 fully saturated rings. The second-order valence-corrected chi connectivity index (χ2v) is 10.9. The van der Waals surface area contributed by atoms with Crippen LogP contribution in [0.3, 0.4) is 0 Å². The van der Waals surface area contributed by atoms with Gasteiger partial charge in [0.25, 0.3) is 15.9 Å². The Labute approximate surface area is 231 Å². The minimum atomic E-state index is -4.53. The molecule has 0 saturated carbocycles. The van der Waals surface area contributed by atoms with Crippen LogP contribution in [0, 0.1) is 25.1 Å². The lowest BCUT2D eigenvalue weighted by molar-refractivity contribution is -0.137. The maximum atomic E-state index is 14.2. The number of terminal acetylenes is 1. The van der Waals surface area contributed by atoms with Gasteiger partial charge in [0.15, 0.2) is 5.65 Å². The van der Waals surface area contributed by atoms with Crippen LogP contribution in [0.15, 0.2) is 71.6 Å². The summed E-state index contributed by atoms with van der Waals surface area (Å²) in [4.78, 5) is 18.7. The Morgan fingerprint density at radius 1 is 1.02 bits per heavy atom. The Morgan fingerprint density at radius 2 is 1.71 bits per heavy atom. The summed E-state index contributed by atoms with van der Waals surface area (Å²) in [5, 5.41) is 7.98. The van der Waals surface area contributed by atoms with E-state index in [1.807, 2.05) is 0 Å². The van der Waals surface area contributed by atoms with Crippen molar-refractivity contribution in [3.8, 4) is 12.3 Å². The molecule has 0 aliphatic rings. The lowest BCUT2D eigenvalue weighted by Crippen LogP contribution is -2.32. The SMILES string of the molecule is C#CCN(Cc1ccc(C(F)(F)F)cc1)C(=O)c1nnc2c3cc(F)ccc3n(S(=O)(=O)c3ccc(C)cc3)c2n1. The third kappa shape index (κ3) is 5.21. The lowest BCUT2D eigenvalue weighted by atomic mass is 10.1. The van der Waals surface area contributed by atoms with E-state index in [0.29, 0.717) is 5.56 Å². The molecule has 0 aliphatic heterocycles. The highest BCUT2D eigenvalue weighted by molar-refractivity contribution is 7.90. The number of amides is 1. The molecule has 0 bridgehead atoms. The van der Waals surface area contributed by atoms with Gasteiger partial charge in [-0.15, -0.1) is 16.6 Å². The van der Waals surface area contributed by atoms with Crippen molar-refractivity contribution in [1.29, 1.82) is 0 Å². The molecule has 0 saturated heterocycles. The number of hydrogen-bond acceptors (Lipinski definition) is 6. The molecule has 0 atom stereocenters. The first-order valence-electron chi connectivity index (χ1n) is 12.0. The first-order chi connectivity index (χ1) is 19.4. The molecule has 41 heavy (non-hydrogen) atoms. The molecule has 0 radical (unpaired) electrons. The van der Waals surface area contributed by atoms with Crippen molar-refractivity contribution in [2.24, 2.45) is 0 Å². The van der Waals surface area contributed by atoms with Gasteiger partial charge in [0.05, 0.1) is 22.5 Å². The van der Waals surface area contributed by atoms with Gasteiger partial charge in [-0.05, 0) is 55.0 Å². The number of carbonyl (C=O) groups excluding carboxylic acids is 1. The van der Waals surface area contributed by atoms with Crippen molar-refractivity contribution in [3.63, 3.8) is 0 Å². The summed E-state index contributed by atoms with van der Waals surface area (Å²) in [6, 6.07) is 13.7. The van der Waals surface area contributed by atoms with Crippen LogP contribution in [0.1, 0.15) is 27.3 Å².